The van der Waals surface area contributed by atoms with Crippen molar-refractivity contribution in [2.45, 2.75) is 48.8 Å². The fourth-order valence-corrected chi connectivity index (χ4v) is 4.49. The molecule has 0 N–H and O–H groups in total. The maximum absolute atomic E-state index is 14.4. The molecule has 1 fully saturated rings. The molecule has 3 nitrogen and oxygen atoms in total. The predicted octanol–water partition coefficient (Wildman–Crippen LogP) is 5.63. The molecule has 0 spiro atoms. The van der Waals surface area contributed by atoms with Crippen LogP contribution >= 0.6 is 22.6 Å². The van der Waals surface area contributed by atoms with E-state index in [9.17, 15) is 35.5 Å². The Bertz CT molecular complexity index is 709. The highest BCUT2D eigenvalue weighted by Crippen LogP contribution is 2.56. The summed E-state index contributed by atoms with van der Waals surface area (Å²) in [5.74, 6) is -2.08. The Morgan fingerprint density at radius 1 is 1.14 bits per heavy atom. The molecule has 164 valence electrons. The van der Waals surface area contributed by atoms with Gasteiger partial charge in [0.05, 0.1) is 12.0 Å². The van der Waals surface area contributed by atoms with Gasteiger partial charge in [0.2, 0.25) is 0 Å². The van der Waals surface area contributed by atoms with Crippen LogP contribution in [0.2, 0.25) is 0 Å². The summed E-state index contributed by atoms with van der Waals surface area (Å²) in [6, 6.07) is 8.50. The molecule has 11 heteroatoms. The average molecular weight is 541 g/mol. The van der Waals surface area contributed by atoms with Crippen LogP contribution in [0, 0.1) is 11.3 Å². The molecule has 1 aromatic rings. The van der Waals surface area contributed by atoms with Crippen molar-refractivity contribution in [2.24, 2.45) is 11.3 Å². The highest BCUT2D eigenvalue weighted by Gasteiger charge is 2.75. The highest BCUT2D eigenvalue weighted by atomic mass is 127. The SMILES string of the molecule is CC(I)[C@H]1CN(OCc2ccccc2)C(=O)[C@@]1(C)CC(F)(C(F)(F)F)C(F)(F)F. The van der Waals surface area contributed by atoms with Gasteiger partial charge in [-0.3, -0.25) is 9.63 Å². The van der Waals surface area contributed by atoms with Crippen molar-refractivity contribution < 1.29 is 40.4 Å². The highest BCUT2D eigenvalue weighted by molar-refractivity contribution is 14.1. The largest absolute Gasteiger partial charge is 0.431 e. The molecule has 1 saturated heterocycles. The molecule has 0 radical (unpaired) electrons. The number of alkyl halides is 8. The smallest absolute Gasteiger partial charge is 0.272 e. The molecule has 29 heavy (non-hydrogen) atoms. The summed E-state index contributed by atoms with van der Waals surface area (Å²) < 4.78 is 92.5. The van der Waals surface area contributed by atoms with Crippen molar-refractivity contribution in [1.82, 2.24) is 5.06 Å². The van der Waals surface area contributed by atoms with Crippen LogP contribution in [0.15, 0.2) is 30.3 Å². The summed E-state index contributed by atoms with van der Waals surface area (Å²) >= 11 is 1.80. The van der Waals surface area contributed by atoms with Crippen LogP contribution < -0.4 is 0 Å². The Balaban J connectivity index is 2.33. The Morgan fingerprint density at radius 3 is 2.10 bits per heavy atom. The maximum Gasteiger partial charge on any atom is 0.431 e. The lowest BCUT2D eigenvalue weighted by molar-refractivity contribution is -0.348. The summed E-state index contributed by atoms with van der Waals surface area (Å²) in [5, 5.41) is 0.750. The van der Waals surface area contributed by atoms with E-state index in [1.807, 2.05) is 0 Å². The van der Waals surface area contributed by atoms with Crippen LogP contribution in [0.1, 0.15) is 25.8 Å². The van der Waals surface area contributed by atoms with Crippen molar-refractivity contribution >= 4 is 28.5 Å². The molecule has 0 aromatic heterocycles. The van der Waals surface area contributed by atoms with E-state index in [0.29, 0.717) is 5.56 Å². The molecular weight excluding hydrogens is 522 g/mol. The van der Waals surface area contributed by atoms with Crippen LogP contribution in [0.5, 0.6) is 0 Å². The molecule has 1 unspecified atom stereocenters. The number of benzene rings is 1. The molecule has 0 bridgehead atoms. The van der Waals surface area contributed by atoms with Gasteiger partial charge in [-0.25, -0.2) is 9.45 Å². The minimum absolute atomic E-state index is 0.107. The maximum atomic E-state index is 14.4. The van der Waals surface area contributed by atoms with Gasteiger partial charge in [0.25, 0.3) is 11.6 Å². The number of nitrogens with zero attached hydrogens (tertiary/aromatic N) is 1. The molecule has 1 aliphatic rings. The van der Waals surface area contributed by atoms with E-state index in [1.165, 1.54) is 0 Å². The first-order valence-corrected chi connectivity index (χ1v) is 9.83. The van der Waals surface area contributed by atoms with Crippen molar-refractivity contribution in [2.75, 3.05) is 6.54 Å². The van der Waals surface area contributed by atoms with Crippen molar-refractivity contribution in [3.8, 4) is 0 Å². The molecule has 0 aliphatic carbocycles. The topological polar surface area (TPSA) is 29.5 Å². The minimum atomic E-state index is -6.22. The summed E-state index contributed by atoms with van der Waals surface area (Å²) in [5.41, 5.74) is -7.11. The van der Waals surface area contributed by atoms with Crippen LogP contribution in [-0.2, 0) is 16.2 Å². The second kappa shape index (κ2) is 8.20. The van der Waals surface area contributed by atoms with E-state index in [4.69, 9.17) is 4.84 Å². The molecule has 1 heterocycles. The number of rotatable bonds is 6. The number of carbonyl (C=O) groups is 1. The molecule has 1 amide bonds. The zero-order valence-electron chi connectivity index (χ0n) is 15.5. The van der Waals surface area contributed by atoms with Gasteiger partial charge in [-0.1, -0.05) is 66.8 Å². The standard InChI is InChI=1S/C18H19F7INO2/c1-11(26)13-8-27(29-9-12-6-4-3-5-7-12)14(28)15(13,2)10-16(19,17(20,21)22)18(23,24)25/h3-7,11,13H,8-10H2,1-2H3/t11?,13-,15+/m1/s1. The number of halogens is 8. The lowest BCUT2D eigenvalue weighted by Gasteiger charge is -2.38. The van der Waals surface area contributed by atoms with E-state index >= 15 is 0 Å². The average Bonchev–Trinajstić information content (AvgIpc) is 2.83. The van der Waals surface area contributed by atoms with Gasteiger partial charge in [-0.15, -0.1) is 0 Å². The van der Waals surface area contributed by atoms with Crippen molar-refractivity contribution in [3.05, 3.63) is 35.9 Å². The first-order chi connectivity index (χ1) is 13.1. The summed E-state index contributed by atoms with van der Waals surface area (Å²) in [4.78, 5) is 18.1. The Labute approximate surface area is 176 Å². The van der Waals surface area contributed by atoms with Gasteiger partial charge < -0.3 is 0 Å². The predicted molar refractivity (Wildman–Crippen MR) is 98.6 cm³/mol. The zero-order valence-corrected chi connectivity index (χ0v) is 17.6. The van der Waals surface area contributed by atoms with E-state index in [-0.39, 0.29) is 13.2 Å². The fourth-order valence-electron chi connectivity index (χ4n) is 3.47. The second-order valence-electron chi connectivity index (χ2n) is 7.30. The number of amides is 1. The quantitative estimate of drug-likeness (QED) is 0.266. The fraction of sp³-hybridized carbons (Fsp3) is 0.611. The lowest BCUT2D eigenvalue weighted by Crippen LogP contribution is -2.57. The zero-order chi connectivity index (χ0) is 22.3. The van der Waals surface area contributed by atoms with E-state index in [1.54, 1.807) is 59.8 Å². The molecule has 1 aromatic carbocycles. The van der Waals surface area contributed by atoms with Crippen LogP contribution in [0.3, 0.4) is 0 Å². The van der Waals surface area contributed by atoms with E-state index in [2.05, 4.69) is 0 Å². The second-order valence-corrected chi connectivity index (χ2v) is 9.27. The molecule has 2 rings (SSSR count). The Morgan fingerprint density at radius 2 is 1.66 bits per heavy atom. The number of carbonyl (C=O) groups excluding carboxylic acids is 1. The number of hydroxylamine groups is 2. The lowest BCUT2D eigenvalue weighted by atomic mass is 9.70. The van der Waals surface area contributed by atoms with Crippen LogP contribution in [0.25, 0.3) is 0 Å². The van der Waals surface area contributed by atoms with Crippen LogP contribution in [0.4, 0.5) is 30.7 Å². The van der Waals surface area contributed by atoms with Gasteiger partial charge in [0.1, 0.15) is 6.61 Å². The van der Waals surface area contributed by atoms with Gasteiger partial charge in [0, 0.05) is 16.3 Å². The summed E-state index contributed by atoms with van der Waals surface area (Å²) in [6.45, 7) is 2.13. The van der Waals surface area contributed by atoms with Gasteiger partial charge >= 0.3 is 12.4 Å². The van der Waals surface area contributed by atoms with Gasteiger partial charge in [-0.05, 0) is 5.56 Å². The molecule has 0 saturated carbocycles. The number of hydrogen-bond acceptors (Lipinski definition) is 2. The van der Waals surface area contributed by atoms with Crippen molar-refractivity contribution in [1.29, 1.82) is 0 Å². The third-order valence-corrected chi connectivity index (χ3v) is 6.06. The normalized spacial score (nSPS) is 24.8. The van der Waals surface area contributed by atoms with E-state index in [0.717, 1.165) is 12.0 Å². The molecule has 3 atom stereocenters. The Hall–Kier alpha value is -1.11. The van der Waals surface area contributed by atoms with Gasteiger partial charge in [-0.2, -0.15) is 26.3 Å². The van der Waals surface area contributed by atoms with Crippen LogP contribution in [-0.4, -0.2) is 39.5 Å². The third kappa shape index (κ3) is 4.64. The monoisotopic (exact) mass is 541 g/mol. The number of hydrogen-bond donors (Lipinski definition) is 0. The van der Waals surface area contributed by atoms with E-state index < -0.39 is 45.6 Å². The Kier molecular flexibility index (Phi) is 6.83. The summed E-state index contributed by atoms with van der Waals surface area (Å²) in [7, 11) is 0. The molecular formula is C18H19F7INO2. The first kappa shape index (κ1) is 24.2. The molecule has 1 aliphatic heterocycles. The summed E-state index contributed by atoms with van der Waals surface area (Å²) in [6.07, 6.45) is -14.5. The first-order valence-electron chi connectivity index (χ1n) is 8.59. The minimum Gasteiger partial charge on any atom is -0.272 e. The van der Waals surface area contributed by atoms with Gasteiger partial charge in [0.15, 0.2) is 0 Å². The van der Waals surface area contributed by atoms with Crippen molar-refractivity contribution in [3.63, 3.8) is 0 Å². The third-order valence-electron chi connectivity index (χ3n) is 5.19.